The van der Waals surface area contributed by atoms with Crippen molar-refractivity contribution in [1.82, 2.24) is 9.88 Å². The molecule has 0 bridgehead atoms. The van der Waals surface area contributed by atoms with Crippen LogP contribution in [0.3, 0.4) is 0 Å². The van der Waals surface area contributed by atoms with Crippen LogP contribution in [0.1, 0.15) is 26.3 Å². The number of carbonyl (C=O) groups is 3. The van der Waals surface area contributed by atoms with Crippen LogP contribution in [-0.2, 0) is 16.0 Å². The Morgan fingerprint density at radius 2 is 1.65 bits per heavy atom. The number of fused-ring (bicyclic) bond motifs is 2. The van der Waals surface area contributed by atoms with Crippen molar-refractivity contribution >= 4 is 28.7 Å². The fraction of sp³-hybridized carbons (Fsp3) is 0.150. The molecule has 26 heavy (non-hydrogen) atoms. The Morgan fingerprint density at radius 1 is 1.04 bits per heavy atom. The summed E-state index contributed by atoms with van der Waals surface area (Å²) in [5.74, 6) is -1.56. The predicted molar refractivity (Wildman–Crippen MR) is 94.7 cm³/mol. The number of nitrogens with one attached hydrogen (secondary N) is 1. The maximum atomic E-state index is 12.8. The van der Waals surface area contributed by atoms with E-state index in [2.05, 4.69) is 4.98 Å². The van der Waals surface area contributed by atoms with E-state index in [1.807, 2.05) is 24.3 Å². The van der Waals surface area contributed by atoms with Crippen molar-refractivity contribution in [2.24, 2.45) is 0 Å². The number of aromatic nitrogens is 1. The van der Waals surface area contributed by atoms with Gasteiger partial charge < -0.3 is 9.72 Å². The molecule has 2 amide bonds. The molecular weight excluding hydrogens is 332 g/mol. The third-order valence-electron chi connectivity index (χ3n) is 4.70. The van der Waals surface area contributed by atoms with Crippen LogP contribution in [0.25, 0.3) is 10.9 Å². The quantitative estimate of drug-likeness (QED) is 0.580. The molecule has 0 fully saturated rings. The molecular formula is C20H16N2O4. The number of hydrogen-bond donors (Lipinski definition) is 1. The molecule has 1 N–H and O–H groups in total. The number of esters is 1. The lowest BCUT2D eigenvalue weighted by atomic mass is 10.0. The van der Waals surface area contributed by atoms with Gasteiger partial charge in [0.25, 0.3) is 11.8 Å². The van der Waals surface area contributed by atoms with E-state index in [0.717, 1.165) is 21.4 Å². The summed E-state index contributed by atoms with van der Waals surface area (Å²) in [4.78, 5) is 42.1. The summed E-state index contributed by atoms with van der Waals surface area (Å²) >= 11 is 0. The Bertz CT molecular complexity index is 1000. The first-order chi connectivity index (χ1) is 12.6. The van der Waals surface area contributed by atoms with Crippen LogP contribution < -0.4 is 0 Å². The lowest BCUT2D eigenvalue weighted by molar-refractivity contribution is -0.145. The standard InChI is InChI=1S/C20H16N2O4/c1-26-20(25)17(10-12-11-21-16-9-5-4-6-13(12)16)22-18(23)14-7-2-3-8-15(14)19(22)24/h2-9,11,17,21H,10H2,1H3/t17-/m0/s1. The fourth-order valence-electron chi connectivity index (χ4n) is 3.42. The van der Waals surface area contributed by atoms with Crippen molar-refractivity contribution in [2.45, 2.75) is 12.5 Å². The van der Waals surface area contributed by atoms with Crippen LogP contribution in [0.4, 0.5) is 0 Å². The third-order valence-corrected chi connectivity index (χ3v) is 4.70. The van der Waals surface area contributed by atoms with Crippen LogP contribution in [0.5, 0.6) is 0 Å². The van der Waals surface area contributed by atoms with Gasteiger partial charge in [-0.3, -0.25) is 14.5 Å². The molecule has 0 spiro atoms. The molecule has 130 valence electrons. The minimum absolute atomic E-state index is 0.183. The van der Waals surface area contributed by atoms with Gasteiger partial charge in [0.05, 0.1) is 18.2 Å². The lowest BCUT2D eigenvalue weighted by Gasteiger charge is -2.23. The SMILES string of the molecule is COC(=O)[C@H](Cc1c[nH]c2ccccc12)N1C(=O)c2ccccc2C1=O. The number of methoxy groups -OCH3 is 1. The van der Waals surface area contributed by atoms with Gasteiger partial charge in [0, 0.05) is 23.5 Å². The number of amides is 2. The molecule has 3 aromatic rings. The summed E-state index contributed by atoms with van der Waals surface area (Å²) in [5.41, 5.74) is 2.39. The molecule has 1 atom stereocenters. The molecule has 2 heterocycles. The maximum absolute atomic E-state index is 12.8. The smallest absolute Gasteiger partial charge is 0.329 e. The van der Waals surface area contributed by atoms with Crippen molar-refractivity contribution in [2.75, 3.05) is 7.11 Å². The Morgan fingerprint density at radius 3 is 2.31 bits per heavy atom. The van der Waals surface area contributed by atoms with E-state index < -0.39 is 23.8 Å². The van der Waals surface area contributed by atoms with Crippen molar-refractivity contribution in [3.63, 3.8) is 0 Å². The van der Waals surface area contributed by atoms with Gasteiger partial charge in [0.2, 0.25) is 0 Å². The number of rotatable bonds is 4. The normalized spacial score (nSPS) is 14.6. The summed E-state index contributed by atoms with van der Waals surface area (Å²) in [6.45, 7) is 0. The van der Waals surface area contributed by atoms with E-state index in [0.29, 0.717) is 11.1 Å². The van der Waals surface area contributed by atoms with Crippen molar-refractivity contribution in [1.29, 1.82) is 0 Å². The fourth-order valence-corrected chi connectivity index (χ4v) is 3.42. The van der Waals surface area contributed by atoms with E-state index in [1.165, 1.54) is 7.11 Å². The largest absolute Gasteiger partial charge is 0.467 e. The molecule has 6 nitrogen and oxygen atoms in total. The molecule has 4 rings (SSSR count). The second-order valence-corrected chi connectivity index (χ2v) is 6.13. The van der Waals surface area contributed by atoms with Gasteiger partial charge in [-0.15, -0.1) is 0 Å². The van der Waals surface area contributed by atoms with Gasteiger partial charge in [-0.1, -0.05) is 30.3 Å². The zero-order valence-corrected chi connectivity index (χ0v) is 14.1. The molecule has 0 aliphatic carbocycles. The van der Waals surface area contributed by atoms with Crippen LogP contribution in [-0.4, -0.2) is 40.8 Å². The number of benzene rings is 2. The predicted octanol–water partition coefficient (Wildman–Crippen LogP) is 2.55. The summed E-state index contributed by atoms with van der Waals surface area (Å²) < 4.78 is 4.89. The van der Waals surface area contributed by atoms with Crippen molar-refractivity contribution < 1.29 is 19.1 Å². The molecule has 2 aromatic carbocycles. The number of aromatic amines is 1. The first kappa shape index (κ1) is 16.1. The topological polar surface area (TPSA) is 79.5 Å². The van der Waals surface area contributed by atoms with Gasteiger partial charge in [-0.25, -0.2) is 4.79 Å². The van der Waals surface area contributed by atoms with Crippen LogP contribution in [0.15, 0.2) is 54.7 Å². The lowest BCUT2D eigenvalue weighted by Crippen LogP contribution is -2.46. The van der Waals surface area contributed by atoms with E-state index in [4.69, 9.17) is 4.74 Å². The average Bonchev–Trinajstić information content (AvgIpc) is 3.19. The summed E-state index contributed by atoms with van der Waals surface area (Å²) in [7, 11) is 1.25. The van der Waals surface area contributed by atoms with Gasteiger partial charge in [-0.2, -0.15) is 0 Å². The second kappa shape index (κ2) is 6.15. The minimum atomic E-state index is -1.02. The number of nitrogens with zero attached hydrogens (tertiary/aromatic N) is 1. The van der Waals surface area contributed by atoms with E-state index in [-0.39, 0.29) is 6.42 Å². The van der Waals surface area contributed by atoms with Crippen LogP contribution in [0, 0.1) is 0 Å². The zero-order chi connectivity index (χ0) is 18.3. The maximum Gasteiger partial charge on any atom is 0.329 e. The van der Waals surface area contributed by atoms with Gasteiger partial charge in [-0.05, 0) is 23.8 Å². The summed E-state index contributed by atoms with van der Waals surface area (Å²) in [6, 6.07) is 13.2. The minimum Gasteiger partial charge on any atom is -0.467 e. The van der Waals surface area contributed by atoms with Gasteiger partial charge >= 0.3 is 5.97 Å². The highest BCUT2D eigenvalue weighted by Crippen LogP contribution is 2.28. The molecule has 0 radical (unpaired) electrons. The number of imide groups is 1. The van der Waals surface area contributed by atoms with Gasteiger partial charge in [0.15, 0.2) is 0 Å². The monoisotopic (exact) mass is 348 g/mol. The highest BCUT2D eigenvalue weighted by Gasteiger charge is 2.43. The molecule has 6 heteroatoms. The van der Waals surface area contributed by atoms with Crippen LogP contribution in [0.2, 0.25) is 0 Å². The molecule has 1 aliphatic heterocycles. The van der Waals surface area contributed by atoms with Crippen molar-refractivity contribution in [3.05, 3.63) is 71.4 Å². The number of para-hydroxylation sites is 1. The third kappa shape index (κ3) is 2.38. The number of carbonyl (C=O) groups excluding carboxylic acids is 3. The number of H-pyrrole nitrogens is 1. The highest BCUT2D eigenvalue weighted by molar-refractivity contribution is 6.22. The van der Waals surface area contributed by atoms with E-state index >= 15 is 0 Å². The Kier molecular flexibility index (Phi) is 3.80. The number of ether oxygens (including phenoxy) is 1. The molecule has 1 aliphatic rings. The molecule has 0 saturated heterocycles. The van der Waals surface area contributed by atoms with Gasteiger partial charge in [0.1, 0.15) is 6.04 Å². The Balaban J connectivity index is 1.74. The van der Waals surface area contributed by atoms with E-state index in [1.54, 1.807) is 30.5 Å². The van der Waals surface area contributed by atoms with Crippen molar-refractivity contribution in [3.8, 4) is 0 Å². The first-order valence-electron chi connectivity index (χ1n) is 8.21. The first-order valence-corrected chi connectivity index (χ1v) is 8.21. The molecule has 0 saturated carbocycles. The highest BCUT2D eigenvalue weighted by atomic mass is 16.5. The molecule has 1 aromatic heterocycles. The Labute approximate surface area is 149 Å². The second-order valence-electron chi connectivity index (χ2n) is 6.13. The van der Waals surface area contributed by atoms with Crippen LogP contribution >= 0.6 is 0 Å². The Hall–Kier alpha value is -3.41. The van der Waals surface area contributed by atoms with E-state index in [9.17, 15) is 14.4 Å². The average molecular weight is 348 g/mol. The summed E-state index contributed by atoms with van der Waals surface area (Å²) in [6.07, 6.45) is 1.97. The molecule has 0 unspecified atom stereocenters. The number of hydrogen-bond acceptors (Lipinski definition) is 4. The zero-order valence-electron chi connectivity index (χ0n) is 14.1. The summed E-state index contributed by atoms with van der Waals surface area (Å²) in [5, 5.41) is 0.943.